The fraction of sp³-hybridized carbons (Fsp3) is 0.280. The van der Waals surface area contributed by atoms with E-state index in [2.05, 4.69) is 5.10 Å². The normalized spacial score (nSPS) is 13.8. The molecule has 1 aliphatic rings. The number of aromatic nitrogens is 2. The second kappa shape index (κ2) is 10.7. The highest BCUT2D eigenvalue weighted by Gasteiger charge is 2.36. The second-order valence-electron chi connectivity index (χ2n) is 8.15. The maximum absolute atomic E-state index is 13.3. The summed E-state index contributed by atoms with van der Waals surface area (Å²) in [5.41, 5.74) is -0.802. The summed E-state index contributed by atoms with van der Waals surface area (Å²) in [5, 5.41) is 4.20. The van der Waals surface area contributed by atoms with Crippen molar-refractivity contribution in [1.29, 1.82) is 0 Å². The molecule has 3 aromatic rings. The Bertz CT molecular complexity index is 1280. The summed E-state index contributed by atoms with van der Waals surface area (Å²) in [6.07, 6.45) is -5.53. The minimum atomic E-state index is -4.65. The van der Waals surface area contributed by atoms with Crippen LogP contribution in [0.4, 0.5) is 23.8 Å². The highest BCUT2D eigenvalue weighted by atomic mass is 19.4. The number of methoxy groups -OCH3 is 1. The molecule has 2 aromatic carbocycles. The number of esters is 1. The van der Waals surface area contributed by atoms with E-state index in [0.29, 0.717) is 0 Å². The first-order valence-electron chi connectivity index (χ1n) is 11.3. The predicted octanol–water partition coefficient (Wildman–Crippen LogP) is 3.84. The lowest BCUT2D eigenvalue weighted by atomic mass is 10.1. The van der Waals surface area contributed by atoms with Crippen molar-refractivity contribution in [3.8, 4) is 0 Å². The number of benzene rings is 2. The Kier molecular flexibility index (Phi) is 7.46. The largest absolute Gasteiger partial charge is 0.464 e. The van der Waals surface area contributed by atoms with Gasteiger partial charge in [0.25, 0.3) is 5.91 Å². The van der Waals surface area contributed by atoms with Crippen LogP contribution in [-0.2, 0) is 22.3 Å². The number of carbonyl (C=O) groups excluding carboxylic acids is 3. The lowest BCUT2D eigenvalue weighted by Gasteiger charge is -2.35. The number of ether oxygens (including phenoxy) is 2. The van der Waals surface area contributed by atoms with E-state index in [0.717, 1.165) is 29.5 Å². The number of halogens is 3. The minimum Gasteiger partial charge on any atom is -0.464 e. The molecule has 4 rings (SSSR count). The van der Waals surface area contributed by atoms with E-state index >= 15 is 0 Å². The number of hydrogen-bond donors (Lipinski definition) is 0. The van der Waals surface area contributed by atoms with Gasteiger partial charge in [-0.1, -0.05) is 42.5 Å². The van der Waals surface area contributed by atoms with Crippen LogP contribution in [0.3, 0.4) is 0 Å². The Morgan fingerprint density at radius 3 is 2.24 bits per heavy atom. The molecule has 12 heteroatoms. The molecule has 0 bridgehead atoms. The van der Waals surface area contributed by atoms with Crippen molar-refractivity contribution in [3.63, 3.8) is 0 Å². The summed E-state index contributed by atoms with van der Waals surface area (Å²) in [7, 11) is 1.16. The molecule has 0 saturated carbocycles. The van der Waals surface area contributed by atoms with Crippen molar-refractivity contribution >= 4 is 23.8 Å². The maximum atomic E-state index is 13.3. The van der Waals surface area contributed by atoms with E-state index < -0.39 is 35.3 Å². The topological polar surface area (TPSA) is 94.0 Å². The molecule has 37 heavy (non-hydrogen) atoms. The van der Waals surface area contributed by atoms with Crippen molar-refractivity contribution in [2.45, 2.75) is 12.8 Å². The van der Waals surface area contributed by atoms with Crippen molar-refractivity contribution < 1.29 is 37.0 Å². The molecular weight excluding hydrogens is 493 g/mol. The van der Waals surface area contributed by atoms with Gasteiger partial charge in [-0.15, -0.1) is 5.10 Å². The number of amides is 1. The first kappa shape index (κ1) is 25.7. The van der Waals surface area contributed by atoms with Gasteiger partial charge in [-0.3, -0.25) is 4.79 Å². The highest BCUT2D eigenvalue weighted by molar-refractivity contribution is 5.96. The fourth-order valence-corrected chi connectivity index (χ4v) is 3.92. The smallest absolute Gasteiger partial charge is 0.435 e. The van der Waals surface area contributed by atoms with Gasteiger partial charge >= 0.3 is 18.2 Å². The molecule has 1 saturated heterocycles. The number of anilines is 1. The van der Waals surface area contributed by atoms with Crippen LogP contribution in [0.1, 0.15) is 32.0 Å². The summed E-state index contributed by atoms with van der Waals surface area (Å²) in [5.74, 6) is -1.26. The van der Waals surface area contributed by atoms with Gasteiger partial charge in [-0.2, -0.15) is 17.9 Å². The number of hydrogen-bond acceptors (Lipinski definition) is 7. The van der Waals surface area contributed by atoms with Crippen LogP contribution >= 0.6 is 0 Å². The third-order valence-electron chi connectivity index (χ3n) is 5.82. The summed E-state index contributed by atoms with van der Waals surface area (Å²) < 4.78 is 50.9. The molecular formula is C25H23F3N4O5. The lowest BCUT2D eigenvalue weighted by Crippen LogP contribution is -2.49. The second-order valence-corrected chi connectivity index (χ2v) is 8.15. The van der Waals surface area contributed by atoms with Crippen LogP contribution < -0.4 is 4.90 Å². The molecule has 0 atom stereocenters. The standard InChI is InChI=1S/C25H23F3N4O5/c1-36-23(34)20-15-21(29-32(20)24(35)37-16-17-7-3-2-4-8-17)30-11-13-31(14-12-30)22(33)18-9-5-6-10-19(18)25(26,27)28/h2-10,15H,11-14,16H2,1H3. The van der Waals surface area contributed by atoms with Crippen LogP contribution in [0.2, 0.25) is 0 Å². The Labute approximate surface area is 210 Å². The zero-order valence-electron chi connectivity index (χ0n) is 19.8. The van der Waals surface area contributed by atoms with Gasteiger partial charge < -0.3 is 19.3 Å². The maximum Gasteiger partial charge on any atom is 0.435 e. The molecule has 0 N–H and O–H groups in total. The van der Waals surface area contributed by atoms with Gasteiger partial charge in [0.05, 0.1) is 18.2 Å². The predicted molar refractivity (Wildman–Crippen MR) is 125 cm³/mol. The summed E-state index contributed by atoms with van der Waals surface area (Å²) >= 11 is 0. The van der Waals surface area contributed by atoms with Crippen LogP contribution in [-0.4, -0.2) is 65.9 Å². The molecule has 9 nitrogen and oxygen atoms in total. The Hall–Kier alpha value is -4.35. The van der Waals surface area contributed by atoms with E-state index in [1.54, 1.807) is 29.2 Å². The Balaban J connectivity index is 1.47. The van der Waals surface area contributed by atoms with Crippen molar-refractivity contribution in [2.75, 3.05) is 38.2 Å². The van der Waals surface area contributed by atoms with Crippen LogP contribution in [0.25, 0.3) is 0 Å². The number of nitrogens with zero attached hydrogens (tertiary/aromatic N) is 4. The first-order chi connectivity index (χ1) is 17.7. The first-order valence-corrected chi connectivity index (χ1v) is 11.3. The van der Waals surface area contributed by atoms with E-state index in [-0.39, 0.29) is 44.3 Å². The van der Waals surface area contributed by atoms with Crippen LogP contribution in [0.15, 0.2) is 60.7 Å². The molecule has 1 amide bonds. The zero-order valence-corrected chi connectivity index (χ0v) is 19.8. The number of alkyl halides is 3. The molecule has 1 fully saturated rings. The summed E-state index contributed by atoms with van der Waals surface area (Å²) in [6, 6.07) is 15.0. The van der Waals surface area contributed by atoms with Gasteiger partial charge in [0.15, 0.2) is 11.5 Å². The van der Waals surface area contributed by atoms with Crippen LogP contribution in [0, 0.1) is 0 Å². The molecule has 2 heterocycles. The Morgan fingerprint density at radius 1 is 0.946 bits per heavy atom. The molecule has 0 radical (unpaired) electrons. The number of carbonyl (C=O) groups is 3. The SMILES string of the molecule is COC(=O)c1cc(N2CCN(C(=O)c3ccccc3C(F)(F)F)CC2)nn1C(=O)OCc1ccccc1. The average molecular weight is 516 g/mol. The highest BCUT2D eigenvalue weighted by Crippen LogP contribution is 2.32. The quantitative estimate of drug-likeness (QED) is 0.476. The van der Waals surface area contributed by atoms with Gasteiger partial charge in [0.2, 0.25) is 0 Å². The molecule has 0 unspecified atom stereocenters. The number of rotatable bonds is 5. The van der Waals surface area contributed by atoms with Crippen molar-refractivity contribution in [1.82, 2.24) is 14.7 Å². The van der Waals surface area contributed by atoms with E-state index in [4.69, 9.17) is 9.47 Å². The monoisotopic (exact) mass is 516 g/mol. The van der Waals surface area contributed by atoms with Crippen LogP contribution in [0.5, 0.6) is 0 Å². The van der Waals surface area contributed by atoms with E-state index in [1.165, 1.54) is 23.1 Å². The van der Waals surface area contributed by atoms with Crippen molar-refractivity contribution in [3.05, 3.63) is 83.0 Å². The molecule has 0 aliphatic carbocycles. The summed E-state index contributed by atoms with van der Waals surface area (Å²) in [4.78, 5) is 40.8. The average Bonchev–Trinajstić information content (AvgIpc) is 3.37. The third kappa shape index (κ3) is 5.74. The zero-order chi connectivity index (χ0) is 26.6. The molecule has 1 aromatic heterocycles. The number of piperazine rings is 1. The fourth-order valence-electron chi connectivity index (χ4n) is 3.92. The molecule has 194 valence electrons. The van der Waals surface area contributed by atoms with Crippen molar-refractivity contribution in [2.24, 2.45) is 0 Å². The van der Waals surface area contributed by atoms with E-state index in [9.17, 15) is 27.6 Å². The van der Waals surface area contributed by atoms with Gasteiger partial charge in [0.1, 0.15) is 6.61 Å². The Morgan fingerprint density at radius 2 is 1.59 bits per heavy atom. The molecule has 0 spiro atoms. The van der Waals surface area contributed by atoms with Gasteiger partial charge in [-0.05, 0) is 17.7 Å². The van der Waals surface area contributed by atoms with Gasteiger partial charge in [0, 0.05) is 32.2 Å². The van der Waals surface area contributed by atoms with Gasteiger partial charge in [-0.25, -0.2) is 9.59 Å². The summed E-state index contributed by atoms with van der Waals surface area (Å²) in [6.45, 7) is 0.636. The minimum absolute atomic E-state index is 0.0321. The van der Waals surface area contributed by atoms with E-state index in [1.807, 2.05) is 6.07 Å². The lowest BCUT2D eigenvalue weighted by molar-refractivity contribution is -0.138. The molecule has 1 aliphatic heterocycles. The third-order valence-corrected chi connectivity index (χ3v) is 5.82.